The largest absolute Gasteiger partial charge is 0.351 e. The van der Waals surface area contributed by atoms with Crippen LogP contribution in [0.4, 0.5) is 10.5 Å². The molecular weight excluding hydrogens is 290 g/mol. The Morgan fingerprint density at radius 1 is 1.13 bits per heavy atom. The Morgan fingerprint density at radius 3 is 2.57 bits per heavy atom. The summed E-state index contributed by atoms with van der Waals surface area (Å²) in [5.74, 6) is -0.181. The molecule has 5 heteroatoms. The second-order valence-corrected chi connectivity index (χ2v) is 5.58. The molecule has 1 atom stereocenters. The molecule has 0 unspecified atom stereocenters. The third kappa shape index (κ3) is 4.85. The summed E-state index contributed by atoms with van der Waals surface area (Å²) in [6.07, 6.45) is 0.762. The van der Waals surface area contributed by atoms with Crippen LogP contribution >= 0.6 is 0 Å². The van der Waals surface area contributed by atoms with E-state index in [1.807, 2.05) is 19.1 Å². The Bertz CT molecular complexity index is 713. The molecule has 0 saturated carbocycles. The Balaban J connectivity index is 2.01. The van der Waals surface area contributed by atoms with Gasteiger partial charge in [0.15, 0.2) is 0 Å². The van der Waals surface area contributed by atoms with Crippen LogP contribution in [-0.2, 0) is 6.42 Å². The molecule has 2 rings (SSSR count). The second kappa shape index (κ2) is 7.45. The molecule has 0 spiro atoms. The molecular formula is C18H21N3O2. The maximum Gasteiger partial charge on any atom is 0.316 e. The molecule has 0 fully saturated rings. The Hall–Kier alpha value is -2.82. The lowest BCUT2D eigenvalue weighted by atomic mass is 10.0. The number of benzene rings is 2. The summed E-state index contributed by atoms with van der Waals surface area (Å²) < 4.78 is 0. The smallest absolute Gasteiger partial charge is 0.316 e. The van der Waals surface area contributed by atoms with Crippen molar-refractivity contribution in [3.05, 3.63) is 65.2 Å². The van der Waals surface area contributed by atoms with Gasteiger partial charge in [-0.1, -0.05) is 30.3 Å². The van der Waals surface area contributed by atoms with Gasteiger partial charge >= 0.3 is 6.03 Å². The zero-order valence-corrected chi connectivity index (χ0v) is 13.3. The topological polar surface area (TPSA) is 84.2 Å². The van der Waals surface area contributed by atoms with Crippen LogP contribution in [0.3, 0.4) is 0 Å². The molecule has 0 bridgehead atoms. The summed E-state index contributed by atoms with van der Waals surface area (Å²) in [5, 5.41) is 5.43. The summed E-state index contributed by atoms with van der Waals surface area (Å²) >= 11 is 0. The van der Waals surface area contributed by atoms with Crippen LogP contribution in [-0.4, -0.2) is 18.0 Å². The molecule has 0 aromatic heterocycles. The van der Waals surface area contributed by atoms with Crippen LogP contribution in [0.2, 0.25) is 0 Å². The SMILES string of the molecule is Cc1ccccc1C[C@H](C)NC(=O)c1cccc(NC(N)=O)c1. The molecule has 0 aliphatic carbocycles. The average molecular weight is 311 g/mol. The highest BCUT2D eigenvalue weighted by atomic mass is 16.2. The van der Waals surface area contributed by atoms with Crippen molar-refractivity contribution in [1.29, 1.82) is 0 Å². The van der Waals surface area contributed by atoms with Crippen LogP contribution in [0, 0.1) is 6.92 Å². The van der Waals surface area contributed by atoms with E-state index in [4.69, 9.17) is 5.73 Å². The number of primary amides is 1. The predicted molar refractivity (Wildman–Crippen MR) is 91.5 cm³/mol. The fourth-order valence-corrected chi connectivity index (χ4v) is 2.41. The van der Waals surface area contributed by atoms with Gasteiger partial charge in [0.25, 0.3) is 5.91 Å². The zero-order chi connectivity index (χ0) is 16.8. The van der Waals surface area contributed by atoms with Crippen LogP contribution in [0.5, 0.6) is 0 Å². The van der Waals surface area contributed by atoms with Gasteiger partial charge in [-0.25, -0.2) is 4.79 Å². The number of urea groups is 1. The van der Waals surface area contributed by atoms with Gasteiger partial charge in [-0.15, -0.1) is 0 Å². The van der Waals surface area contributed by atoms with E-state index >= 15 is 0 Å². The quantitative estimate of drug-likeness (QED) is 0.793. The number of nitrogens with two attached hydrogens (primary N) is 1. The van der Waals surface area contributed by atoms with Crippen molar-refractivity contribution in [2.45, 2.75) is 26.3 Å². The van der Waals surface area contributed by atoms with Gasteiger partial charge in [-0.3, -0.25) is 4.79 Å². The Labute approximate surface area is 135 Å². The molecule has 0 saturated heterocycles. The summed E-state index contributed by atoms with van der Waals surface area (Å²) in [5.41, 5.74) is 8.48. The minimum Gasteiger partial charge on any atom is -0.351 e. The average Bonchev–Trinajstić information content (AvgIpc) is 2.49. The number of anilines is 1. The standard InChI is InChI=1S/C18H21N3O2/c1-12-6-3-4-7-14(12)10-13(2)20-17(22)15-8-5-9-16(11-15)21-18(19)23/h3-9,11,13H,10H2,1-2H3,(H,20,22)(H3,19,21,23)/t13-/m0/s1. The number of amides is 3. The van der Waals surface area contributed by atoms with Gasteiger partial charge < -0.3 is 16.4 Å². The van der Waals surface area contributed by atoms with Crippen LogP contribution in [0.25, 0.3) is 0 Å². The second-order valence-electron chi connectivity index (χ2n) is 5.58. The number of hydrogen-bond donors (Lipinski definition) is 3. The van der Waals surface area contributed by atoms with Gasteiger partial charge in [0.1, 0.15) is 0 Å². The number of nitrogens with one attached hydrogen (secondary N) is 2. The van der Waals surface area contributed by atoms with Crippen molar-refractivity contribution in [1.82, 2.24) is 5.32 Å². The molecule has 0 aliphatic heterocycles. The molecule has 4 N–H and O–H groups in total. The Kier molecular flexibility index (Phi) is 5.36. The molecule has 5 nitrogen and oxygen atoms in total. The molecule has 0 heterocycles. The fraction of sp³-hybridized carbons (Fsp3) is 0.222. The molecule has 120 valence electrons. The third-order valence-electron chi connectivity index (χ3n) is 3.56. The summed E-state index contributed by atoms with van der Waals surface area (Å²) in [7, 11) is 0. The normalized spacial score (nSPS) is 11.6. The van der Waals surface area contributed by atoms with E-state index in [1.165, 1.54) is 11.1 Å². The van der Waals surface area contributed by atoms with E-state index in [9.17, 15) is 9.59 Å². The van der Waals surface area contributed by atoms with Crippen molar-refractivity contribution < 1.29 is 9.59 Å². The summed E-state index contributed by atoms with van der Waals surface area (Å²) in [6, 6.07) is 14.1. The fourth-order valence-electron chi connectivity index (χ4n) is 2.41. The van der Waals surface area contributed by atoms with Gasteiger partial charge in [-0.2, -0.15) is 0 Å². The highest BCUT2D eigenvalue weighted by molar-refractivity contribution is 5.96. The van der Waals surface area contributed by atoms with Gasteiger partial charge in [0, 0.05) is 17.3 Å². The van der Waals surface area contributed by atoms with Crippen molar-refractivity contribution >= 4 is 17.6 Å². The first-order chi connectivity index (χ1) is 11.0. The van der Waals surface area contributed by atoms with Crippen LogP contribution in [0.1, 0.15) is 28.4 Å². The highest BCUT2D eigenvalue weighted by Gasteiger charge is 2.12. The van der Waals surface area contributed by atoms with Crippen molar-refractivity contribution in [3.8, 4) is 0 Å². The number of carbonyl (C=O) groups excluding carboxylic acids is 2. The number of aryl methyl sites for hydroxylation is 1. The first-order valence-electron chi connectivity index (χ1n) is 7.47. The lowest BCUT2D eigenvalue weighted by Crippen LogP contribution is -2.34. The minimum absolute atomic E-state index is 0.00337. The lowest BCUT2D eigenvalue weighted by molar-refractivity contribution is 0.0940. The van der Waals surface area contributed by atoms with E-state index in [0.29, 0.717) is 11.3 Å². The molecule has 23 heavy (non-hydrogen) atoms. The zero-order valence-electron chi connectivity index (χ0n) is 13.3. The molecule has 2 aromatic rings. The molecule has 0 radical (unpaired) electrons. The number of hydrogen-bond acceptors (Lipinski definition) is 2. The van der Waals surface area contributed by atoms with Crippen LogP contribution in [0.15, 0.2) is 48.5 Å². The maximum absolute atomic E-state index is 12.3. The molecule has 3 amide bonds. The van der Waals surface area contributed by atoms with E-state index in [0.717, 1.165) is 6.42 Å². The summed E-state index contributed by atoms with van der Waals surface area (Å²) in [4.78, 5) is 23.2. The first-order valence-corrected chi connectivity index (χ1v) is 7.47. The van der Waals surface area contributed by atoms with Crippen molar-refractivity contribution in [2.24, 2.45) is 5.73 Å². The van der Waals surface area contributed by atoms with Crippen molar-refractivity contribution in [2.75, 3.05) is 5.32 Å². The third-order valence-corrected chi connectivity index (χ3v) is 3.56. The monoisotopic (exact) mass is 311 g/mol. The van der Waals surface area contributed by atoms with Crippen LogP contribution < -0.4 is 16.4 Å². The van der Waals surface area contributed by atoms with Gasteiger partial charge in [-0.05, 0) is 49.6 Å². The number of carbonyl (C=O) groups is 2. The number of rotatable bonds is 5. The lowest BCUT2D eigenvalue weighted by Gasteiger charge is -2.16. The van der Waals surface area contributed by atoms with E-state index < -0.39 is 6.03 Å². The summed E-state index contributed by atoms with van der Waals surface area (Å²) in [6.45, 7) is 4.03. The van der Waals surface area contributed by atoms with E-state index in [2.05, 4.69) is 29.7 Å². The van der Waals surface area contributed by atoms with Gasteiger partial charge in [0.05, 0.1) is 0 Å². The highest BCUT2D eigenvalue weighted by Crippen LogP contribution is 2.12. The first kappa shape index (κ1) is 16.5. The minimum atomic E-state index is -0.657. The molecule has 0 aliphatic rings. The maximum atomic E-state index is 12.3. The van der Waals surface area contributed by atoms with E-state index in [-0.39, 0.29) is 11.9 Å². The van der Waals surface area contributed by atoms with E-state index in [1.54, 1.807) is 24.3 Å². The van der Waals surface area contributed by atoms with Crippen molar-refractivity contribution in [3.63, 3.8) is 0 Å². The predicted octanol–water partition coefficient (Wildman–Crippen LogP) is 2.85. The Morgan fingerprint density at radius 2 is 1.87 bits per heavy atom. The van der Waals surface area contributed by atoms with Gasteiger partial charge in [0.2, 0.25) is 0 Å². The molecule has 2 aromatic carbocycles.